The van der Waals surface area contributed by atoms with Crippen molar-refractivity contribution in [3.63, 3.8) is 0 Å². The molecule has 0 aliphatic carbocycles. The number of benzene rings is 3. The van der Waals surface area contributed by atoms with Gasteiger partial charge in [0.05, 0.1) is 26.3 Å². The topological polar surface area (TPSA) is 56.8 Å². The normalized spacial score (nSPS) is 10.2. The van der Waals surface area contributed by atoms with E-state index in [0.29, 0.717) is 23.0 Å². The molecule has 0 aromatic heterocycles. The molecule has 3 rings (SSSR count). The lowest BCUT2D eigenvalue weighted by Gasteiger charge is -2.13. The summed E-state index contributed by atoms with van der Waals surface area (Å²) in [6, 6.07) is 18.3. The first kappa shape index (κ1) is 19.2. The van der Waals surface area contributed by atoms with E-state index in [0.717, 1.165) is 5.56 Å². The quantitative estimate of drug-likeness (QED) is 0.638. The Kier molecular flexibility index (Phi) is 6.11. The molecule has 1 N–H and O–H groups in total. The second kappa shape index (κ2) is 8.90. The predicted octanol–water partition coefficient (Wildman–Crippen LogP) is 4.82. The van der Waals surface area contributed by atoms with Crippen LogP contribution in [0.1, 0.15) is 5.56 Å². The van der Waals surface area contributed by atoms with Crippen molar-refractivity contribution in [2.75, 3.05) is 19.5 Å². The molecule has 0 aliphatic rings. The lowest BCUT2D eigenvalue weighted by molar-refractivity contribution is -0.115. The van der Waals surface area contributed by atoms with Crippen LogP contribution >= 0.6 is 0 Å². The molecule has 0 bridgehead atoms. The van der Waals surface area contributed by atoms with Crippen molar-refractivity contribution in [1.82, 2.24) is 0 Å². The maximum atomic E-state index is 13.7. The van der Waals surface area contributed by atoms with Crippen LogP contribution in [-0.4, -0.2) is 20.1 Å². The van der Waals surface area contributed by atoms with E-state index in [-0.39, 0.29) is 18.0 Å². The van der Waals surface area contributed by atoms with Crippen LogP contribution in [0.15, 0.2) is 66.7 Å². The van der Waals surface area contributed by atoms with Gasteiger partial charge >= 0.3 is 0 Å². The minimum absolute atomic E-state index is 0.0850. The van der Waals surface area contributed by atoms with Crippen molar-refractivity contribution >= 4 is 11.6 Å². The van der Waals surface area contributed by atoms with Crippen LogP contribution in [0.5, 0.6) is 23.0 Å². The number of hydrogen-bond acceptors (Lipinski definition) is 4. The van der Waals surface area contributed by atoms with Gasteiger partial charge in [-0.1, -0.05) is 24.3 Å². The number of ether oxygens (including phenoxy) is 3. The Morgan fingerprint density at radius 2 is 1.61 bits per heavy atom. The van der Waals surface area contributed by atoms with Gasteiger partial charge in [-0.2, -0.15) is 0 Å². The van der Waals surface area contributed by atoms with E-state index in [1.807, 2.05) is 18.2 Å². The summed E-state index contributed by atoms with van der Waals surface area (Å²) in [7, 11) is 3.07. The number of carbonyl (C=O) groups is 1. The molecule has 0 spiro atoms. The highest BCUT2D eigenvalue weighted by Gasteiger charge is 2.13. The molecule has 0 fully saturated rings. The van der Waals surface area contributed by atoms with Gasteiger partial charge < -0.3 is 19.5 Å². The molecule has 0 atom stereocenters. The van der Waals surface area contributed by atoms with E-state index in [1.54, 1.807) is 37.4 Å². The van der Waals surface area contributed by atoms with Gasteiger partial charge in [-0.05, 0) is 42.0 Å². The van der Waals surface area contributed by atoms with E-state index in [2.05, 4.69) is 5.32 Å². The Morgan fingerprint density at radius 3 is 2.32 bits per heavy atom. The number of nitrogens with one attached hydrogen (secondary N) is 1. The fourth-order valence-corrected chi connectivity index (χ4v) is 2.67. The molecule has 144 valence electrons. The van der Waals surface area contributed by atoms with E-state index in [1.165, 1.54) is 25.3 Å². The van der Waals surface area contributed by atoms with Crippen LogP contribution in [0.3, 0.4) is 0 Å². The van der Waals surface area contributed by atoms with E-state index in [9.17, 15) is 9.18 Å². The summed E-state index contributed by atoms with van der Waals surface area (Å²) in [5, 5.41) is 2.71. The summed E-state index contributed by atoms with van der Waals surface area (Å²) in [5.41, 5.74) is 0.992. The van der Waals surface area contributed by atoms with Gasteiger partial charge in [0.15, 0.2) is 17.2 Å². The molecule has 0 saturated heterocycles. The molecular formula is C22H20FNO4. The lowest BCUT2D eigenvalue weighted by atomic mass is 10.1. The summed E-state index contributed by atoms with van der Waals surface area (Å²) in [6.45, 7) is 0. The van der Waals surface area contributed by atoms with E-state index in [4.69, 9.17) is 14.2 Å². The Morgan fingerprint density at radius 1 is 0.893 bits per heavy atom. The molecule has 1 amide bonds. The summed E-state index contributed by atoms with van der Waals surface area (Å²) < 4.78 is 29.9. The van der Waals surface area contributed by atoms with Gasteiger partial charge in [0.25, 0.3) is 0 Å². The maximum Gasteiger partial charge on any atom is 0.228 e. The van der Waals surface area contributed by atoms with Crippen molar-refractivity contribution in [3.05, 3.63) is 78.1 Å². The molecule has 3 aromatic rings. The molecule has 6 heteroatoms. The summed E-state index contributed by atoms with van der Waals surface area (Å²) in [6.07, 6.45) is 0.0850. The van der Waals surface area contributed by atoms with Gasteiger partial charge in [-0.15, -0.1) is 0 Å². The molecule has 0 heterocycles. The average Bonchev–Trinajstić information content (AvgIpc) is 2.70. The highest BCUT2D eigenvalue weighted by Crippen LogP contribution is 2.31. The molecular weight excluding hydrogens is 361 g/mol. The fourth-order valence-electron chi connectivity index (χ4n) is 2.67. The summed E-state index contributed by atoms with van der Waals surface area (Å²) in [5.74, 6) is 1.28. The number of carbonyl (C=O) groups excluding carboxylic acids is 1. The molecule has 0 radical (unpaired) electrons. The first-order valence-electron chi connectivity index (χ1n) is 8.62. The second-order valence-corrected chi connectivity index (χ2v) is 5.97. The first-order valence-corrected chi connectivity index (χ1v) is 8.62. The van der Waals surface area contributed by atoms with E-state index < -0.39 is 5.82 Å². The second-order valence-electron chi connectivity index (χ2n) is 5.97. The third-order valence-electron chi connectivity index (χ3n) is 4.00. The van der Waals surface area contributed by atoms with Crippen molar-refractivity contribution in [3.8, 4) is 23.0 Å². The predicted molar refractivity (Wildman–Crippen MR) is 105 cm³/mol. The van der Waals surface area contributed by atoms with Crippen molar-refractivity contribution in [1.29, 1.82) is 0 Å². The van der Waals surface area contributed by atoms with Crippen LogP contribution in [-0.2, 0) is 11.2 Å². The number of rotatable bonds is 7. The third-order valence-corrected chi connectivity index (χ3v) is 4.00. The zero-order valence-electron chi connectivity index (χ0n) is 15.6. The van der Waals surface area contributed by atoms with Crippen LogP contribution in [0.2, 0.25) is 0 Å². The molecule has 0 aliphatic heterocycles. The number of anilines is 1. The van der Waals surface area contributed by atoms with Crippen LogP contribution in [0.4, 0.5) is 10.1 Å². The number of methoxy groups -OCH3 is 2. The SMILES string of the molecule is COc1ccc(CC(=O)Nc2cc(F)ccc2Oc2ccccc2)cc1OC. The molecule has 3 aromatic carbocycles. The Hall–Kier alpha value is -3.54. The Balaban J connectivity index is 1.76. The number of halogens is 1. The monoisotopic (exact) mass is 381 g/mol. The highest BCUT2D eigenvalue weighted by atomic mass is 19.1. The summed E-state index contributed by atoms with van der Waals surface area (Å²) in [4.78, 5) is 12.5. The Labute approximate surface area is 162 Å². The zero-order valence-corrected chi connectivity index (χ0v) is 15.6. The lowest BCUT2D eigenvalue weighted by Crippen LogP contribution is -2.15. The highest BCUT2D eigenvalue weighted by molar-refractivity contribution is 5.93. The van der Waals surface area contributed by atoms with Gasteiger partial charge in [0.1, 0.15) is 11.6 Å². The molecule has 28 heavy (non-hydrogen) atoms. The van der Waals surface area contributed by atoms with E-state index >= 15 is 0 Å². The van der Waals surface area contributed by atoms with Crippen molar-refractivity contribution in [2.24, 2.45) is 0 Å². The van der Waals surface area contributed by atoms with Gasteiger partial charge in [-0.25, -0.2) is 4.39 Å². The third kappa shape index (κ3) is 4.79. The van der Waals surface area contributed by atoms with Crippen LogP contribution < -0.4 is 19.5 Å². The summed E-state index contributed by atoms with van der Waals surface area (Å²) >= 11 is 0. The Bertz CT molecular complexity index is 960. The van der Waals surface area contributed by atoms with Crippen LogP contribution in [0, 0.1) is 5.82 Å². The van der Waals surface area contributed by atoms with Crippen molar-refractivity contribution < 1.29 is 23.4 Å². The molecule has 5 nitrogen and oxygen atoms in total. The van der Waals surface area contributed by atoms with Crippen LogP contribution in [0.25, 0.3) is 0 Å². The smallest absolute Gasteiger partial charge is 0.228 e. The average molecular weight is 381 g/mol. The molecule has 0 unspecified atom stereocenters. The largest absolute Gasteiger partial charge is 0.493 e. The number of hydrogen-bond donors (Lipinski definition) is 1. The number of para-hydroxylation sites is 1. The van der Waals surface area contributed by atoms with Crippen molar-refractivity contribution in [2.45, 2.75) is 6.42 Å². The maximum absolute atomic E-state index is 13.7. The molecule has 0 saturated carbocycles. The van der Waals surface area contributed by atoms with Gasteiger partial charge in [-0.3, -0.25) is 4.79 Å². The standard InChI is InChI=1S/C22H20FNO4/c1-26-20-10-8-15(12-21(20)27-2)13-22(25)24-18-14-16(23)9-11-19(18)28-17-6-4-3-5-7-17/h3-12,14H,13H2,1-2H3,(H,24,25). The minimum Gasteiger partial charge on any atom is -0.493 e. The minimum atomic E-state index is -0.471. The van der Waals surface area contributed by atoms with Gasteiger partial charge in [0.2, 0.25) is 5.91 Å². The zero-order chi connectivity index (χ0) is 19.9. The van der Waals surface area contributed by atoms with Gasteiger partial charge in [0, 0.05) is 6.07 Å². The first-order chi connectivity index (χ1) is 13.6. The number of amides is 1. The fraction of sp³-hybridized carbons (Fsp3) is 0.136.